The first-order chi connectivity index (χ1) is 12.1. The molecule has 2 aromatic rings. The smallest absolute Gasteiger partial charge is 0.243 e. The van der Waals surface area contributed by atoms with Crippen molar-refractivity contribution in [2.75, 3.05) is 18.4 Å². The molecule has 0 atom stereocenters. The second-order valence-corrected chi connectivity index (χ2v) is 9.60. The normalized spacial score (nSPS) is 19.5. The number of hydrogen-bond donors (Lipinski definition) is 1. The molecule has 1 aliphatic heterocycles. The van der Waals surface area contributed by atoms with Gasteiger partial charge in [0.15, 0.2) is 5.13 Å². The fraction of sp³-hybridized carbons (Fsp3) is 0.500. The van der Waals surface area contributed by atoms with E-state index in [2.05, 4.69) is 10.3 Å². The van der Waals surface area contributed by atoms with Crippen molar-refractivity contribution >= 4 is 26.5 Å². The molecule has 1 aromatic carbocycles. The Morgan fingerprint density at radius 3 is 2.36 bits per heavy atom. The number of thiazole rings is 1. The standard InChI is InChI=1S/C18H23N3O2S2/c22-25(23,21-11-3-1-2-4-12-21)16-9-5-14(6-10-16)17-13-24-18(20-17)19-15-7-8-15/h5-6,9-10,13,15H,1-4,7-8,11-12H2,(H,19,20). The van der Waals surface area contributed by atoms with Crippen LogP contribution in [0.4, 0.5) is 5.13 Å². The van der Waals surface area contributed by atoms with Crippen LogP contribution < -0.4 is 5.32 Å². The molecule has 134 valence electrons. The number of benzene rings is 1. The Morgan fingerprint density at radius 1 is 1.04 bits per heavy atom. The molecule has 2 aliphatic rings. The van der Waals surface area contributed by atoms with Crippen LogP contribution in [0.5, 0.6) is 0 Å². The van der Waals surface area contributed by atoms with Crippen molar-refractivity contribution < 1.29 is 8.42 Å². The van der Waals surface area contributed by atoms with Crippen molar-refractivity contribution in [1.82, 2.24) is 9.29 Å². The van der Waals surface area contributed by atoms with Gasteiger partial charge in [-0.05, 0) is 37.8 Å². The summed E-state index contributed by atoms with van der Waals surface area (Å²) >= 11 is 1.60. The second kappa shape index (κ2) is 7.05. The minimum Gasteiger partial charge on any atom is -0.359 e. The SMILES string of the molecule is O=S(=O)(c1ccc(-c2csc(NC3CC3)n2)cc1)N1CCCCCC1. The maximum absolute atomic E-state index is 12.8. The van der Waals surface area contributed by atoms with Crippen molar-refractivity contribution in [3.8, 4) is 11.3 Å². The Hall–Kier alpha value is -1.44. The summed E-state index contributed by atoms with van der Waals surface area (Å²) in [6.45, 7) is 1.26. The van der Waals surface area contributed by atoms with E-state index in [-0.39, 0.29) is 0 Å². The molecule has 1 N–H and O–H groups in total. The van der Waals surface area contributed by atoms with E-state index < -0.39 is 10.0 Å². The summed E-state index contributed by atoms with van der Waals surface area (Å²) in [6, 6.07) is 7.73. The average Bonchev–Trinajstić information content (AvgIpc) is 3.37. The predicted octanol–water partition coefficient (Wildman–Crippen LogP) is 3.95. The first kappa shape index (κ1) is 17.0. The van der Waals surface area contributed by atoms with Crippen LogP contribution in [0, 0.1) is 0 Å². The lowest BCUT2D eigenvalue weighted by molar-refractivity contribution is 0.424. The van der Waals surface area contributed by atoms with Crippen LogP contribution in [-0.2, 0) is 10.0 Å². The molecular formula is C18H23N3O2S2. The van der Waals surface area contributed by atoms with Gasteiger partial charge in [0.1, 0.15) is 0 Å². The van der Waals surface area contributed by atoms with Gasteiger partial charge in [-0.3, -0.25) is 0 Å². The summed E-state index contributed by atoms with van der Waals surface area (Å²) in [7, 11) is -3.38. The number of anilines is 1. The molecule has 1 aromatic heterocycles. The topological polar surface area (TPSA) is 62.3 Å². The second-order valence-electron chi connectivity index (χ2n) is 6.80. The van der Waals surface area contributed by atoms with Crippen LogP contribution in [0.15, 0.2) is 34.5 Å². The number of rotatable bonds is 5. The van der Waals surface area contributed by atoms with Gasteiger partial charge in [0.2, 0.25) is 10.0 Å². The van der Waals surface area contributed by atoms with E-state index in [1.165, 1.54) is 12.8 Å². The first-order valence-electron chi connectivity index (χ1n) is 8.95. The Labute approximate surface area is 153 Å². The van der Waals surface area contributed by atoms with Crippen molar-refractivity contribution in [2.24, 2.45) is 0 Å². The van der Waals surface area contributed by atoms with Crippen LogP contribution in [0.1, 0.15) is 38.5 Å². The highest BCUT2D eigenvalue weighted by Crippen LogP contribution is 2.30. The lowest BCUT2D eigenvalue weighted by atomic mass is 10.2. The molecule has 1 saturated heterocycles. The summed E-state index contributed by atoms with van der Waals surface area (Å²) in [5.41, 5.74) is 1.85. The Morgan fingerprint density at radius 2 is 1.72 bits per heavy atom. The third kappa shape index (κ3) is 3.88. The monoisotopic (exact) mass is 377 g/mol. The van der Waals surface area contributed by atoms with Gasteiger partial charge in [0.05, 0.1) is 10.6 Å². The molecule has 4 rings (SSSR count). The molecule has 1 aliphatic carbocycles. The van der Waals surface area contributed by atoms with Gasteiger partial charge in [0, 0.05) is 30.1 Å². The van der Waals surface area contributed by atoms with E-state index >= 15 is 0 Å². The Bertz CT molecular complexity index is 818. The molecule has 25 heavy (non-hydrogen) atoms. The van der Waals surface area contributed by atoms with Crippen LogP contribution in [0.25, 0.3) is 11.3 Å². The van der Waals surface area contributed by atoms with Crippen LogP contribution in [0.3, 0.4) is 0 Å². The molecule has 7 heteroatoms. The number of hydrogen-bond acceptors (Lipinski definition) is 5. The third-order valence-corrected chi connectivity index (χ3v) is 7.45. The molecule has 0 bridgehead atoms. The van der Waals surface area contributed by atoms with E-state index in [0.29, 0.717) is 24.0 Å². The number of sulfonamides is 1. The minimum absolute atomic E-state index is 0.379. The van der Waals surface area contributed by atoms with Gasteiger partial charge < -0.3 is 5.32 Å². The zero-order valence-corrected chi connectivity index (χ0v) is 15.8. The van der Waals surface area contributed by atoms with Crippen molar-refractivity contribution in [1.29, 1.82) is 0 Å². The minimum atomic E-state index is -3.38. The first-order valence-corrected chi connectivity index (χ1v) is 11.3. The van der Waals surface area contributed by atoms with Gasteiger partial charge in [-0.15, -0.1) is 11.3 Å². The highest BCUT2D eigenvalue weighted by Gasteiger charge is 2.25. The summed E-state index contributed by atoms with van der Waals surface area (Å²) in [6.07, 6.45) is 6.58. The van der Waals surface area contributed by atoms with E-state index in [1.807, 2.05) is 17.5 Å². The molecule has 2 heterocycles. The van der Waals surface area contributed by atoms with Crippen molar-refractivity contribution in [3.63, 3.8) is 0 Å². The van der Waals surface area contributed by atoms with Crippen molar-refractivity contribution in [3.05, 3.63) is 29.6 Å². The maximum Gasteiger partial charge on any atom is 0.243 e. The summed E-state index contributed by atoms with van der Waals surface area (Å²) in [4.78, 5) is 4.98. The summed E-state index contributed by atoms with van der Waals surface area (Å²) in [5, 5.41) is 6.36. The van der Waals surface area contributed by atoms with E-state index in [1.54, 1.807) is 27.8 Å². The lowest BCUT2D eigenvalue weighted by Gasteiger charge is -2.19. The Kier molecular flexibility index (Phi) is 4.80. The van der Waals surface area contributed by atoms with Gasteiger partial charge in [-0.25, -0.2) is 13.4 Å². The maximum atomic E-state index is 12.8. The molecule has 5 nitrogen and oxygen atoms in total. The number of aromatic nitrogens is 1. The van der Waals surface area contributed by atoms with E-state index in [0.717, 1.165) is 42.1 Å². The van der Waals surface area contributed by atoms with Gasteiger partial charge in [-0.1, -0.05) is 25.0 Å². The molecule has 1 saturated carbocycles. The van der Waals surface area contributed by atoms with Gasteiger partial charge in [-0.2, -0.15) is 4.31 Å². The Balaban J connectivity index is 1.51. The predicted molar refractivity (Wildman–Crippen MR) is 101 cm³/mol. The molecule has 2 fully saturated rings. The average molecular weight is 378 g/mol. The van der Waals surface area contributed by atoms with Crippen LogP contribution in [0.2, 0.25) is 0 Å². The summed E-state index contributed by atoms with van der Waals surface area (Å²) < 4.78 is 27.3. The molecule has 0 spiro atoms. The largest absolute Gasteiger partial charge is 0.359 e. The van der Waals surface area contributed by atoms with E-state index in [4.69, 9.17) is 0 Å². The fourth-order valence-electron chi connectivity index (χ4n) is 3.10. The van der Waals surface area contributed by atoms with E-state index in [9.17, 15) is 8.42 Å². The lowest BCUT2D eigenvalue weighted by Crippen LogP contribution is -2.31. The third-order valence-electron chi connectivity index (χ3n) is 4.76. The number of nitrogens with zero attached hydrogens (tertiary/aromatic N) is 2. The fourth-order valence-corrected chi connectivity index (χ4v) is 5.42. The zero-order valence-electron chi connectivity index (χ0n) is 14.1. The van der Waals surface area contributed by atoms with Crippen LogP contribution >= 0.6 is 11.3 Å². The summed E-state index contributed by atoms with van der Waals surface area (Å²) in [5.74, 6) is 0. The zero-order chi connectivity index (χ0) is 17.3. The van der Waals surface area contributed by atoms with Gasteiger partial charge in [0.25, 0.3) is 0 Å². The molecule has 0 radical (unpaired) electrons. The van der Waals surface area contributed by atoms with Gasteiger partial charge >= 0.3 is 0 Å². The molecule has 0 unspecified atom stereocenters. The molecule has 0 amide bonds. The number of nitrogens with one attached hydrogen (secondary N) is 1. The molecular weight excluding hydrogens is 354 g/mol. The quantitative estimate of drug-likeness (QED) is 0.857. The highest BCUT2D eigenvalue weighted by atomic mass is 32.2. The van der Waals surface area contributed by atoms with Crippen LogP contribution in [-0.4, -0.2) is 36.8 Å². The highest BCUT2D eigenvalue weighted by molar-refractivity contribution is 7.89. The van der Waals surface area contributed by atoms with Crippen molar-refractivity contribution in [2.45, 2.75) is 49.5 Å².